The summed E-state index contributed by atoms with van der Waals surface area (Å²) >= 11 is 11.9. The van der Waals surface area contributed by atoms with Gasteiger partial charge >= 0.3 is 0 Å². The normalized spacial score (nSPS) is 14.2. The molecule has 1 aromatic heterocycles. The summed E-state index contributed by atoms with van der Waals surface area (Å²) in [5, 5.41) is 7.58. The van der Waals surface area contributed by atoms with Crippen molar-refractivity contribution in [3.05, 3.63) is 57.7 Å². The summed E-state index contributed by atoms with van der Waals surface area (Å²) < 4.78 is 1.28. The lowest BCUT2D eigenvalue weighted by atomic mass is 10.2. The molecule has 132 valence electrons. The third kappa shape index (κ3) is 3.44. The molecule has 2 aromatic rings. The van der Waals surface area contributed by atoms with Crippen molar-refractivity contribution in [2.75, 3.05) is 5.32 Å². The standard InChI is InChI=1S/C17H13Cl2N5O2/c1-8-6-14(21-16(26)12-5-4-11(18)7-13(12)19)24(23-8)17-20-10(3)9(2)15(25)22-17/h4-7H,2H2,1,3H3,(H,21,26). The van der Waals surface area contributed by atoms with Gasteiger partial charge in [-0.3, -0.25) is 9.59 Å². The number of nitrogens with one attached hydrogen (secondary N) is 1. The van der Waals surface area contributed by atoms with Crippen molar-refractivity contribution in [2.24, 2.45) is 9.98 Å². The average molecular weight is 390 g/mol. The van der Waals surface area contributed by atoms with Crippen LogP contribution in [0.5, 0.6) is 0 Å². The molecule has 3 rings (SSSR count). The monoisotopic (exact) mass is 389 g/mol. The van der Waals surface area contributed by atoms with E-state index in [1.54, 1.807) is 26.0 Å². The van der Waals surface area contributed by atoms with Crippen LogP contribution >= 0.6 is 23.2 Å². The zero-order chi connectivity index (χ0) is 19.0. The average Bonchev–Trinajstić information content (AvgIpc) is 2.92. The maximum absolute atomic E-state index is 12.5. The summed E-state index contributed by atoms with van der Waals surface area (Å²) in [6, 6.07) is 6.18. The molecule has 0 aliphatic carbocycles. The van der Waals surface area contributed by atoms with E-state index in [0.717, 1.165) is 0 Å². The fraction of sp³-hybridized carbons (Fsp3) is 0.118. The highest BCUT2D eigenvalue weighted by molar-refractivity contribution is 6.37. The molecule has 0 saturated carbocycles. The molecule has 1 N–H and O–H groups in total. The van der Waals surface area contributed by atoms with Crippen LogP contribution < -0.4 is 5.32 Å². The van der Waals surface area contributed by atoms with Crippen LogP contribution in [0.1, 0.15) is 23.0 Å². The summed E-state index contributed by atoms with van der Waals surface area (Å²) in [7, 11) is 0. The molecule has 2 amide bonds. The molecule has 26 heavy (non-hydrogen) atoms. The van der Waals surface area contributed by atoms with E-state index in [0.29, 0.717) is 22.2 Å². The van der Waals surface area contributed by atoms with Gasteiger partial charge in [0, 0.05) is 11.1 Å². The Labute approximate surface area is 159 Å². The van der Waals surface area contributed by atoms with Crippen molar-refractivity contribution < 1.29 is 9.59 Å². The minimum atomic E-state index is -0.501. The third-order valence-corrected chi connectivity index (χ3v) is 4.15. The molecule has 1 aliphatic heterocycles. The van der Waals surface area contributed by atoms with Crippen LogP contribution in [0.4, 0.5) is 5.82 Å². The fourth-order valence-electron chi connectivity index (χ4n) is 2.25. The minimum absolute atomic E-state index is 0.0468. The van der Waals surface area contributed by atoms with Crippen molar-refractivity contribution in [1.29, 1.82) is 0 Å². The lowest BCUT2D eigenvalue weighted by molar-refractivity contribution is -0.113. The van der Waals surface area contributed by atoms with Crippen molar-refractivity contribution in [2.45, 2.75) is 13.8 Å². The largest absolute Gasteiger partial charge is 0.306 e. The molecular weight excluding hydrogens is 377 g/mol. The number of hydrogen-bond acceptors (Lipinski definition) is 4. The van der Waals surface area contributed by atoms with Crippen LogP contribution in [0.25, 0.3) is 0 Å². The lowest BCUT2D eigenvalue weighted by Crippen LogP contribution is -2.25. The number of carbonyl (C=O) groups excluding carboxylic acids is 2. The molecule has 1 aromatic carbocycles. The summed E-state index contributed by atoms with van der Waals surface area (Å²) in [6.45, 7) is 7.01. The maximum Gasteiger partial charge on any atom is 0.281 e. The van der Waals surface area contributed by atoms with Gasteiger partial charge in [-0.05, 0) is 32.0 Å². The fourth-order valence-corrected chi connectivity index (χ4v) is 2.74. The molecule has 0 spiro atoms. The second-order valence-corrected chi connectivity index (χ2v) is 6.40. The van der Waals surface area contributed by atoms with Gasteiger partial charge in [0.2, 0.25) is 0 Å². The molecular formula is C17H13Cl2N5O2. The summed E-state index contributed by atoms with van der Waals surface area (Å²) in [4.78, 5) is 32.5. The summed E-state index contributed by atoms with van der Waals surface area (Å²) in [5.41, 5.74) is 1.51. The summed E-state index contributed by atoms with van der Waals surface area (Å²) in [6.07, 6.45) is 0. The molecule has 0 saturated heterocycles. The number of hydrogen-bond donors (Lipinski definition) is 1. The van der Waals surface area contributed by atoms with Gasteiger partial charge in [-0.15, -0.1) is 0 Å². The van der Waals surface area contributed by atoms with E-state index in [-0.39, 0.29) is 22.1 Å². The first-order valence-corrected chi connectivity index (χ1v) is 8.23. The zero-order valence-electron chi connectivity index (χ0n) is 13.9. The Balaban J connectivity index is 1.96. The van der Waals surface area contributed by atoms with Crippen LogP contribution in [0.3, 0.4) is 0 Å². The second-order valence-electron chi connectivity index (χ2n) is 5.55. The molecule has 0 fully saturated rings. The van der Waals surface area contributed by atoms with E-state index in [4.69, 9.17) is 23.2 Å². The van der Waals surface area contributed by atoms with Gasteiger partial charge in [0.05, 0.1) is 27.6 Å². The molecule has 0 unspecified atom stereocenters. The van der Waals surface area contributed by atoms with Gasteiger partial charge in [-0.2, -0.15) is 14.8 Å². The minimum Gasteiger partial charge on any atom is -0.306 e. The number of carbonyl (C=O) groups is 2. The first-order valence-electron chi connectivity index (χ1n) is 7.47. The molecule has 7 nitrogen and oxygen atoms in total. The lowest BCUT2D eigenvalue weighted by Gasteiger charge is -2.13. The Hall–Kier alpha value is -2.77. The first-order chi connectivity index (χ1) is 12.3. The van der Waals surface area contributed by atoms with Gasteiger partial charge in [-0.25, -0.2) is 4.99 Å². The van der Waals surface area contributed by atoms with Gasteiger partial charge < -0.3 is 5.32 Å². The van der Waals surface area contributed by atoms with Crippen molar-refractivity contribution in [3.63, 3.8) is 0 Å². The summed E-state index contributed by atoms with van der Waals surface area (Å²) in [5.74, 6) is -0.612. The van der Waals surface area contributed by atoms with Gasteiger partial charge in [0.1, 0.15) is 5.82 Å². The Kier molecular flexibility index (Phi) is 4.76. The Morgan fingerprint density at radius 1 is 1.19 bits per heavy atom. The number of aliphatic imine (C=N–C) groups is 2. The number of amides is 2. The topological polar surface area (TPSA) is 88.7 Å². The number of rotatable bonds is 2. The number of anilines is 1. The van der Waals surface area contributed by atoms with Crippen LogP contribution in [-0.4, -0.2) is 33.3 Å². The number of aryl methyl sites for hydroxylation is 1. The Morgan fingerprint density at radius 2 is 1.92 bits per heavy atom. The Bertz CT molecular complexity index is 1020. The predicted molar refractivity (Wildman–Crippen MR) is 101 cm³/mol. The smallest absolute Gasteiger partial charge is 0.281 e. The molecule has 2 heterocycles. The van der Waals surface area contributed by atoms with Crippen molar-refractivity contribution >= 4 is 52.5 Å². The van der Waals surface area contributed by atoms with Crippen LogP contribution in [0.2, 0.25) is 10.0 Å². The van der Waals surface area contributed by atoms with Crippen LogP contribution in [0.15, 0.2) is 46.4 Å². The molecule has 1 aliphatic rings. The highest BCUT2D eigenvalue weighted by Gasteiger charge is 2.22. The highest BCUT2D eigenvalue weighted by atomic mass is 35.5. The number of aromatic nitrogens is 2. The number of nitrogens with zero attached hydrogens (tertiary/aromatic N) is 4. The van der Waals surface area contributed by atoms with Crippen molar-refractivity contribution in [1.82, 2.24) is 9.78 Å². The third-order valence-electron chi connectivity index (χ3n) is 3.60. The molecule has 9 heteroatoms. The van der Waals surface area contributed by atoms with Crippen molar-refractivity contribution in [3.8, 4) is 0 Å². The molecule has 0 radical (unpaired) electrons. The first kappa shape index (κ1) is 18.0. The maximum atomic E-state index is 12.5. The predicted octanol–water partition coefficient (Wildman–Crippen LogP) is 3.51. The SMILES string of the molecule is C=C1C(=O)N=C(n2nc(C)cc2NC(=O)c2ccc(Cl)cc2Cl)N=C1C. The molecule has 0 atom stereocenters. The van der Waals surface area contributed by atoms with Gasteiger partial charge in [-0.1, -0.05) is 29.8 Å². The Morgan fingerprint density at radius 3 is 2.58 bits per heavy atom. The van der Waals surface area contributed by atoms with Gasteiger partial charge in [0.15, 0.2) is 0 Å². The van der Waals surface area contributed by atoms with E-state index in [1.807, 2.05) is 0 Å². The number of benzene rings is 1. The van der Waals surface area contributed by atoms with E-state index in [2.05, 4.69) is 27.0 Å². The van der Waals surface area contributed by atoms with Crippen LogP contribution in [0, 0.1) is 6.92 Å². The quantitative estimate of drug-likeness (QED) is 0.796. The zero-order valence-corrected chi connectivity index (χ0v) is 15.4. The second kappa shape index (κ2) is 6.86. The van der Waals surface area contributed by atoms with E-state index < -0.39 is 11.8 Å². The van der Waals surface area contributed by atoms with Crippen LogP contribution in [-0.2, 0) is 4.79 Å². The van der Waals surface area contributed by atoms with E-state index in [1.165, 1.54) is 16.8 Å². The van der Waals surface area contributed by atoms with Gasteiger partial charge in [0.25, 0.3) is 17.8 Å². The number of halogens is 2. The highest BCUT2D eigenvalue weighted by Crippen LogP contribution is 2.22. The van der Waals surface area contributed by atoms with E-state index >= 15 is 0 Å². The molecule has 0 bridgehead atoms. The van der Waals surface area contributed by atoms with E-state index in [9.17, 15) is 9.59 Å².